The van der Waals surface area contributed by atoms with E-state index in [0.29, 0.717) is 31.0 Å². The third-order valence-corrected chi connectivity index (χ3v) is 5.15. The molecule has 3 aromatic carbocycles. The highest BCUT2D eigenvalue weighted by atomic mass is 32.1. The molecule has 4 rings (SSSR count). The lowest BCUT2D eigenvalue weighted by Crippen LogP contribution is -2.29. The van der Waals surface area contributed by atoms with Crippen LogP contribution in [0.1, 0.15) is 15.9 Å². The molecule has 1 N–H and O–H groups in total. The number of para-hydroxylation sites is 2. The average Bonchev–Trinajstić information content (AvgIpc) is 2.77. The van der Waals surface area contributed by atoms with E-state index in [4.69, 9.17) is 9.47 Å². The topological polar surface area (TPSA) is 50.8 Å². The van der Waals surface area contributed by atoms with E-state index in [1.54, 1.807) is 13.2 Å². The van der Waals surface area contributed by atoms with Crippen molar-refractivity contribution in [2.45, 2.75) is 11.4 Å². The Morgan fingerprint density at radius 1 is 1.10 bits per heavy atom. The second-order valence-corrected chi connectivity index (χ2v) is 7.22. The summed E-state index contributed by atoms with van der Waals surface area (Å²) in [7, 11) is 1.66. The van der Waals surface area contributed by atoms with Gasteiger partial charge >= 0.3 is 0 Å². The fraction of sp³-hybridized carbons (Fsp3) is 0.174. The van der Waals surface area contributed by atoms with Gasteiger partial charge in [-0.3, -0.25) is 4.79 Å². The SMILES string of the molecule is COc1ccccc1N1CCOc2cc(C(=O)NCc3ccc(S)cc3)ccc21. The second-order valence-electron chi connectivity index (χ2n) is 6.70. The Morgan fingerprint density at radius 2 is 1.90 bits per heavy atom. The summed E-state index contributed by atoms with van der Waals surface area (Å²) in [6.07, 6.45) is 0. The van der Waals surface area contributed by atoms with E-state index in [9.17, 15) is 4.79 Å². The molecule has 148 valence electrons. The molecule has 1 amide bonds. The van der Waals surface area contributed by atoms with Crippen LogP contribution in [0.15, 0.2) is 71.6 Å². The highest BCUT2D eigenvalue weighted by Gasteiger charge is 2.23. The van der Waals surface area contributed by atoms with Gasteiger partial charge in [-0.15, -0.1) is 12.6 Å². The first-order valence-corrected chi connectivity index (χ1v) is 9.84. The van der Waals surface area contributed by atoms with E-state index in [2.05, 4.69) is 22.8 Å². The monoisotopic (exact) mass is 406 g/mol. The Bertz CT molecular complexity index is 1020. The maximum absolute atomic E-state index is 12.6. The number of benzene rings is 3. The summed E-state index contributed by atoms with van der Waals surface area (Å²) in [5.74, 6) is 1.35. The van der Waals surface area contributed by atoms with E-state index in [0.717, 1.165) is 27.6 Å². The van der Waals surface area contributed by atoms with Gasteiger partial charge < -0.3 is 19.7 Å². The van der Waals surface area contributed by atoms with Gasteiger partial charge in [0, 0.05) is 17.0 Å². The largest absolute Gasteiger partial charge is 0.495 e. The molecule has 1 aliphatic rings. The maximum atomic E-state index is 12.6. The van der Waals surface area contributed by atoms with Gasteiger partial charge in [-0.2, -0.15) is 0 Å². The Kier molecular flexibility index (Phi) is 5.62. The number of fused-ring (bicyclic) bond motifs is 1. The van der Waals surface area contributed by atoms with Crippen LogP contribution in [0.25, 0.3) is 0 Å². The van der Waals surface area contributed by atoms with Crippen molar-refractivity contribution >= 4 is 29.9 Å². The number of carbonyl (C=O) groups excluding carboxylic acids is 1. The van der Waals surface area contributed by atoms with Crippen LogP contribution in [-0.2, 0) is 6.54 Å². The maximum Gasteiger partial charge on any atom is 0.251 e. The van der Waals surface area contributed by atoms with Gasteiger partial charge in [-0.25, -0.2) is 0 Å². The summed E-state index contributed by atoms with van der Waals surface area (Å²) in [5.41, 5.74) is 3.48. The molecule has 6 heteroatoms. The Labute approximate surface area is 175 Å². The first-order chi connectivity index (χ1) is 14.2. The van der Waals surface area contributed by atoms with Gasteiger partial charge in [-0.1, -0.05) is 24.3 Å². The minimum Gasteiger partial charge on any atom is -0.495 e. The quantitative estimate of drug-likeness (QED) is 0.615. The zero-order valence-corrected chi connectivity index (χ0v) is 17.0. The van der Waals surface area contributed by atoms with E-state index in [1.165, 1.54) is 0 Å². The van der Waals surface area contributed by atoms with E-state index in [-0.39, 0.29) is 5.91 Å². The van der Waals surface area contributed by atoms with E-state index >= 15 is 0 Å². The highest BCUT2D eigenvalue weighted by Crippen LogP contribution is 2.40. The number of thiol groups is 1. The number of nitrogens with one attached hydrogen (secondary N) is 1. The molecular formula is C23H22N2O3S. The van der Waals surface area contributed by atoms with Crippen LogP contribution in [0, 0.1) is 0 Å². The molecule has 0 saturated carbocycles. The fourth-order valence-corrected chi connectivity index (χ4v) is 3.51. The molecule has 0 fully saturated rings. The van der Waals surface area contributed by atoms with Crippen LogP contribution in [0.3, 0.4) is 0 Å². The first kappa shape index (κ1) is 19.2. The Balaban J connectivity index is 1.53. The third-order valence-electron chi connectivity index (χ3n) is 4.85. The first-order valence-electron chi connectivity index (χ1n) is 9.39. The van der Waals surface area contributed by atoms with Crippen molar-refractivity contribution in [2.75, 3.05) is 25.2 Å². The second kappa shape index (κ2) is 8.49. The van der Waals surface area contributed by atoms with Crippen molar-refractivity contribution in [1.29, 1.82) is 0 Å². The Morgan fingerprint density at radius 3 is 2.69 bits per heavy atom. The lowest BCUT2D eigenvalue weighted by Gasteiger charge is -2.32. The number of carbonyl (C=O) groups is 1. The number of anilines is 2. The van der Waals surface area contributed by atoms with Crippen LogP contribution in [0.5, 0.6) is 11.5 Å². The molecule has 1 aliphatic heterocycles. The van der Waals surface area contributed by atoms with Gasteiger partial charge in [0.05, 0.1) is 25.0 Å². The van der Waals surface area contributed by atoms with Crippen molar-refractivity contribution in [3.8, 4) is 11.5 Å². The average molecular weight is 407 g/mol. The van der Waals surface area contributed by atoms with Crippen molar-refractivity contribution in [2.24, 2.45) is 0 Å². The zero-order chi connectivity index (χ0) is 20.2. The molecule has 0 saturated heterocycles. The minimum absolute atomic E-state index is 0.138. The number of ether oxygens (including phenoxy) is 2. The molecule has 0 aromatic heterocycles. The summed E-state index contributed by atoms with van der Waals surface area (Å²) in [5, 5.41) is 2.95. The van der Waals surface area contributed by atoms with E-state index < -0.39 is 0 Å². The predicted octanol–water partition coefficient (Wildman–Crippen LogP) is 4.44. The van der Waals surface area contributed by atoms with Crippen molar-refractivity contribution in [3.63, 3.8) is 0 Å². The van der Waals surface area contributed by atoms with Crippen LogP contribution in [0.2, 0.25) is 0 Å². The van der Waals surface area contributed by atoms with Gasteiger partial charge in [0.2, 0.25) is 0 Å². The number of hydrogen-bond donors (Lipinski definition) is 2. The fourth-order valence-electron chi connectivity index (χ4n) is 3.36. The highest BCUT2D eigenvalue weighted by molar-refractivity contribution is 7.80. The van der Waals surface area contributed by atoms with Gasteiger partial charge in [0.25, 0.3) is 5.91 Å². The van der Waals surface area contributed by atoms with Crippen LogP contribution in [0.4, 0.5) is 11.4 Å². The number of methoxy groups -OCH3 is 1. The lowest BCUT2D eigenvalue weighted by molar-refractivity contribution is 0.0950. The van der Waals surface area contributed by atoms with E-state index in [1.807, 2.05) is 60.7 Å². The molecular weight excluding hydrogens is 384 g/mol. The summed E-state index contributed by atoms with van der Waals surface area (Å²) < 4.78 is 11.3. The predicted molar refractivity (Wildman–Crippen MR) is 117 cm³/mol. The Hall–Kier alpha value is -3.12. The molecule has 0 radical (unpaired) electrons. The number of nitrogens with zero attached hydrogens (tertiary/aromatic N) is 1. The summed E-state index contributed by atoms with van der Waals surface area (Å²) >= 11 is 4.28. The molecule has 1 heterocycles. The van der Waals surface area contributed by atoms with Gasteiger partial charge in [0.1, 0.15) is 18.1 Å². The number of rotatable bonds is 5. The standard InChI is InChI=1S/C23H22N2O3S/c1-27-21-5-3-2-4-19(21)25-12-13-28-22-14-17(8-11-20(22)25)23(26)24-15-16-6-9-18(29)10-7-16/h2-11,14,29H,12-13,15H2,1H3,(H,24,26). The molecule has 0 aliphatic carbocycles. The number of amides is 1. The smallest absolute Gasteiger partial charge is 0.251 e. The van der Waals surface area contributed by atoms with Crippen LogP contribution in [-0.4, -0.2) is 26.2 Å². The summed E-state index contributed by atoms with van der Waals surface area (Å²) in [6.45, 7) is 1.70. The normalized spacial score (nSPS) is 12.7. The van der Waals surface area contributed by atoms with Crippen molar-refractivity contribution < 1.29 is 14.3 Å². The zero-order valence-electron chi connectivity index (χ0n) is 16.1. The van der Waals surface area contributed by atoms with Gasteiger partial charge in [-0.05, 0) is 48.0 Å². The molecule has 29 heavy (non-hydrogen) atoms. The number of hydrogen-bond acceptors (Lipinski definition) is 5. The van der Waals surface area contributed by atoms with Crippen LogP contribution < -0.4 is 19.7 Å². The van der Waals surface area contributed by atoms with Crippen molar-refractivity contribution in [1.82, 2.24) is 5.32 Å². The lowest BCUT2D eigenvalue weighted by atomic mass is 10.1. The van der Waals surface area contributed by atoms with Crippen molar-refractivity contribution in [3.05, 3.63) is 77.9 Å². The molecule has 0 atom stereocenters. The molecule has 0 unspecified atom stereocenters. The molecule has 3 aromatic rings. The summed E-state index contributed by atoms with van der Waals surface area (Å²) in [6, 6.07) is 21.1. The van der Waals surface area contributed by atoms with Gasteiger partial charge in [0.15, 0.2) is 0 Å². The molecule has 0 spiro atoms. The summed E-state index contributed by atoms with van der Waals surface area (Å²) in [4.78, 5) is 15.7. The third kappa shape index (κ3) is 4.17. The molecule has 5 nitrogen and oxygen atoms in total. The van der Waals surface area contributed by atoms with Crippen LogP contribution >= 0.6 is 12.6 Å². The molecule has 0 bridgehead atoms. The minimum atomic E-state index is -0.138.